The summed E-state index contributed by atoms with van der Waals surface area (Å²) >= 11 is 0. The molecule has 122 valence electrons. The Morgan fingerprint density at radius 3 is 2.71 bits per heavy atom. The van der Waals surface area contributed by atoms with E-state index in [4.69, 9.17) is 0 Å². The largest absolute Gasteiger partial charge is 0.368 e. The first kappa shape index (κ1) is 14.6. The number of nitrogens with one attached hydrogen (secondary N) is 2. The monoisotopic (exact) mass is 324 g/mol. The third kappa shape index (κ3) is 2.29. The van der Waals surface area contributed by atoms with Gasteiger partial charge in [-0.15, -0.1) is 10.2 Å². The Kier molecular flexibility index (Phi) is 3.23. The molecule has 2 aliphatic rings. The van der Waals surface area contributed by atoms with Crippen LogP contribution in [0.3, 0.4) is 0 Å². The third-order valence-electron chi connectivity index (χ3n) is 5.17. The van der Waals surface area contributed by atoms with Crippen LogP contribution in [0.15, 0.2) is 21.9 Å². The van der Waals surface area contributed by atoms with Crippen molar-refractivity contribution in [2.75, 3.05) is 18.0 Å². The SMILES string of the molecule is N#Cc1nnc(-c2c[nH]c(=O)[nH]c2=O)cc1N1CCC2(CCC2)C1. The quantitative estimate of drug-likeness (QED) is 0.842. The summed E-state index contributed by atoms with van der Waals surface area (Å²) in [4.78, 5) is 29.9. The van der Waals surface area contributed by atoms with Gasteiger partial charge in [-0.2, -0.15) is 5.26 Å². The minimum absolute atomic E-state index is 0.227. The second-order valence-electron chi connectivity index (χ2n) is 6.59. The lowest BCUT2D eigenvalue weighted by Gasteiger charge is -2.38. The summed E-state index contributed by atoms with van der Waals surface area (Å²) in [6.07, 6.45) is 6.17. The summed E-state index contributed by atoms with van der Waals surface area (Å²) in [7, 11) is 0. The Bertz CT molecular complexity index is 950. The standard InChI is InChI=1S/C16H16N6O2/c17-7-12-13(22-5-4-16(9-22)2-1-3-16)6-11(20-21-12)10-8-18-15(24)19-14(10)23/h6,8H,1-5,9H2,(H2,18,19,23,24). The summed E-state index contributed by atoms with van der Waals surface area (Å²) in [5.74, 6) is 0. The zero-order valence-electron chi connectivity index (χ0n) is 13.0. The molecule has 1 spiro atoms. The summed E-state index contributed by atoms with van der Waals surface area (Å²) in [6, 6.07) is 3.79. The molecule has 8 nitrogen and oxygen atoms in total. The van der Waals surface area contributed by atoms with Crippen molar-refractivity contribution >= 4 is 5.69 Å². The van der Waals surface area contributed by atoms with Crippen LogP contribution in [-0.4, -0.2) is 33.3 Å². The number of H-pyrrole nitrogens is 2. The Labute approximate surface area is 137 Å². The van der Waals surface area contributed by atoms with Gasteiger partial charge in [-0.05, 0) is 30.7 Å². The van der Waals surface area contributed by atoms with Gasteiger partial charge >= 0.3 is 5.69 Å². The van der Waals surface area contributed by atoms with E-state index in [1.165, 1.54) is 25.5 Å². The van der Waals surface area contributed by atoms with Gasteiger partial charge in [-0.3, -0.25) is 9.78 Å². The van der Waals surface area contributed by atoms with Gasteiger partial charge < -0.3 is 9.88 Å². The molecule has 3 heterocycles. The lowest BCUT2D eigenvalue weighted by atomic mass is 9.68. The second kappa shape index (κ2) is 5.30. The van der Waals surface area contributed by atoms with Crippen molar-refractivity contribution in [1.82, 2.24) is 20.2 Å². The van der Waals surface area contributed by atoms with Gasteiger partial charge in [-0.1, -0.05) is 6.42 Å². The highest BCUT2D eigenvalue weighted by molar-refractivity contribution is 5.66. The molecule has 0 atom stereocenters. The number of aromatic amines is 2. The summed E-state index contributed by atoms with van der Waals surface area (Å²) in [5, 5.41) is 17.3. The van der Waals surface area contributed by atoms with Crippen LogP contribution in [0.2, 0.25) is 0 Å². The predicted octanol–water partition coefficient (Wildman–Crippen LogP) is 0.772. The van der Waals surface area contributed by atoms with Crippen molar-refractivity contribution in [3.8, 4) is 17.3 Å². The Balaban J connectivity index is 1.75. The number of aromatic nitrogens is 4. The number of hydrogen-bond acceptors (Lipinski definition) is 6. The minimum atomic E-state index is -0.572. The lowest BCUT2D eigenvalue weighted by molar-refractivity contribution is 0.165. The molecule has 0 bridgehead atoms. The van der Waals surface area contributed by atoms with E-state index >= 15 is 0 Å². The van der Waals surface area contributed by atoms with E-state index in [1.54, 1.807) is 6.07 Å². The Morgan fingerprint density at radius 1 is 1.25 bits per heavy atom. The topological polar surface area (TPSA) is 119 Å². The van der Waals surface area contributed by atoms with Crippen LogP contribution in [-0.2, 0) is 0 Å². The van der Waals surface area contributed by atoms with Crippen molar-refractivity contribution in [3.05, 3.63) is 38.8 Å². The average molecular weight is 324 g/mol. The smallest absolute Gasteiger partial charge is 0.325 e. The van der Waals surface area contributed by atoms with E-state index in [2.05, 4.69) is 31.1 Å². The first-order chi connectivity index (χ1) is 11.6. The van der Waals surface area contributed by atoms with E-state index in [-0.39, 0.29) is 11.3 Å². The molecule has 24 heavy (non-hydrogen) atoms. The molecule has 2 aromatic rings. The molecule has 2 aromatic heterocycles. The first-order valence-corrected chi connectivity index (χ1v) is 7.95. The van der Waals surface area contributed by atoms with Crippen LogP contribution in [0.25, 0.3) is 11.3 Å². The van der Waals surface area contributed by atoms with Crippen LogP contribution >= 0.6 is 0 Å². The zero-order valence-corrected chi connectivity index (χ0v) is 13.0. The maximum absolute atomic E-state index is 12.0. The molecule has 2 N–H and O–H groups in total. The van der Waals surface area contributed by atoms with Crippen LogP contribution in [0.1, 0.15) is 31.4 Å². The molecule has 1 aliphatic heterocycles. The van der Waals surface area contributed by atoms with Crippen molar-refractivity contribution in [2.24, 2.45) is 5.41 Å². The normalized spacial score (nSPS) is 18.4. The highest BCUT2D eigenvalue weighted by atomic mass is 16.2. The van der Waals surface area contributed by atoms with Gasteiger partial charge in [0, 0.05) is 19.3 Å². The highest BCUT2D eigenvalue weighted by Crippen LogP contribution is 2.49. The van der Waals surface area contributed by atoms with Gasteiger partial charge in [0.1, 0.15) is 11.8 Å². The van der Waals surface area contributed by atoms with E-state index < -0.39 is 11.2 Å². The number of nitriles is 1. The highest BCUT2D eigenvalue weighted by Gasteiger charge is 2.43. The molecule has 1 saturated heterocycles. The molecule has 0 radical (unpaired) electrons. The van der Waals surface area contributed by atoms with Crippen LogP contribution < -0.4 is 16.1 Å². The number of hydrogen-bond donors (Lipinski definition) is 2. The lowest BCUT2D eigenvalue weighted by Crippen LogP contribution is -2.33. The summed E-state index contributed by atoms with van der Waals surface area (Å²) < 4.78 is 0. The molecule has 0 amide bonds. The second-order valence-corrected chi connectivity index (χ2v) is 6.59. The van der Waals surface area contributed by atoms with Crippen molar-refractivity contribution in [3.63, 3.8) is 0 Å². The Hall–Kier alpha value is -2.95. The minimum Gasteiger partial charge on any atom is -0.368 e. The van der Waals surface area contributed by atoms with Crippen molar-refractivity contribution in [1.29, 1.82) is 5.26 Å². The number of anilines is 1. The molecule has 2 fully saturated rings. The molecule has 1 aliphatic carbocycles. The van der Waals surface area contributed by atoms with Gasteiger partial charge in [0.2, 0.25) is 0 Å². The first-order valence-electron chi connectivity index (χ1n) is 7.95. The van der Waals surface area contributed by atoms with Gasteiger partial charge in [0.15, 0.2) is 5.69 Å². The van der Waals surface area contributed by atoms with Crippen LogP contribution in [0.4, 0.5) is 5.69 Å². The van der Waals surface area contributed by atoms with E-state index in [0.29, 0.717) is 16.8 Å². The van der Waals surface area contributed by atoms with Gasteiger partial charge in [0.05, 0.1) is 11.3 Å². The molecular formula is C16H16N6O2. The fourth-order valence-electron chi connectivity index (χ4n) is 3.66. The Morgan fingerprint density at radius 2 is 2.08 bits per heavy atom. The summed E-state index contributed by atoms with van der Waals surface area (Å²) in [6.45, 7) is 1.79. The average Bonchev–Trinajstić information content (AvgIpc) is 3.00. The fourth-order valence-corrected chi connectivity index (χ4v) is 3.66. The van der Waals surface area contributed by atoms with Crippen LogP contribution in [0, 0.1) is 16.7 Å². The third-order valence-corrected chi connectivity index (χ3v) is 5.17. The number of rotatable bonds is 2. The fraction of sp³-hybridized carbons (Fsp3) is 0.438. The molecule has 0 unspecified atom stereocenters. The van der Waals surface area contributed by atoms with E-state index in [1.807, 2.05) is 0 Å². The molecule has 4 rings (SSSR count). The molecule has 8 heteroatoms. The number of nitrogens with zero attached hydrogens (tertiary/aromatic N) is 4. The van der Waals surface area contributed by atoms with E-state index in [0.717, 1.165) is 19.5 Å². The van der Waals surface area contributed by atoms with Gasteiger partial charge in [0.25, 0.3) is 5.56 Å². The molecule has 0 aromatic carbocycles. The van der Waals surface area contributed by atoms with Crippen molar-refractivity contribution < 1.29 is 0 Å². The molecular weight excluding hydrogens is 308 g/mol. The predicted molar refractivity (Wildman–Crippen MR) is 86.5 cm³/mol. The maximum atomic E-state index is 12.0. The van der Waals surface area contributed by atoms with E-state index in [9.17, 15) is 14.9 Å². The zero-order chi connectivity index (χ0) is 16.7. The van der Waals surface area contributed by atoms with Crippen molar-refractivity contribution in [2.45, 2.75) is 25.7 Å². The maximum Gasteiger partial charge on any atom is 0.325 e. The van der Waals surface area contributed by atoms with Gasteiger partial charge in [-0.25, -0.2) is 4.79 Å². The molecule has 1 saturated carbocycles. The summed E-state index contributed by atoms with van der Waals surface area (Å²) in [5.41, 5.74) is 0.818. The van der Waals surface area contributed by atoms with Crippen LogP contribution in [0.5, 0.6) is 0 Å².